The smallest absolute Gasteiger partial charge is 0.303 e. The van der Waals surface area contributed by atoms with Crippen LogP contribution in [0.3, 0.4) is 0 Å². The van der Waals surface area contributed by atoms with E-state index in [1.54, 1.807) is 0 Å². The summed E-state index contributed by atoms with van der Waals surface area (Å²) in [5.74, 6) is 3.05. The maximum atomic E-state index is 12.3. The molecule has 4 aliphatic rings. The molecule has 4 heteroatoms. The summed E-state index contributed by atoms with van der Waals surface area (Å²) < 4.78 is 0. The van der Waals surface area contributed by atoms with Crippen molar-refractivity contribution in [1.29, 1.82) is 0 Å². The Hall–Kier alpha value is -1.06. The second-order valence-corrected chi connectivity index (χ2v) is 11.3. The van der Waals surface area contributed by atoms with Gasteiger partial charge < -0.3 is 10.0 Å². The van der Waals surface area contributed by atoms with Crippen molar-refractivity contribution in [2.45, 2.75) is 103 Å². The van der Waals surface area contributed by atoms with Gasteiger partial charge in [-0.15, -0.1) is 0 Å². The lowest BCUT2D eigenvalue weighted by Crippen LogP contribution is -2.61. The molecule has 1 aliphatic heterocycles. The molecule has 1 N–H and O–H groups in total. The number of unbranched alkanes of at least 4 members (excludes halogenated alkanes) is 2. The van der Waals surface area contributed by atoms with E-state index in [1.165, 1.54) is 51.4 Å². The van der Waals surface area contributed by atoms with Crippen molar-refractivity contribution in [2.75, 3.05) is 7.05 Å². The van der Waals surface area contributed by atoms with Gasteiger partial charge in [-0.25, -0.2) is 0 Å². The maximum absolute atomic E-state index is 12.3. The largest absolute Gasteiger partial charge is 0.481 e. The number of fused-ring (bicyclic) bond motifs is 5. The Bertz CT molecular complexity index is 648. The Kier molecular flexibility index (Phi) is 5.76. The standard InChI is InChI=1S/C25H41NO3/c1-24-15-13-20-18(10-12-21-25(20,2)16-14-22(27)26(21)3)19(24)11-9-17(24)7-5-4-6-8-23(28)29/h17-21H,4-16H2,1-3H3,(H,28,29)/t17-,18?,19?,20?,21+,24+,25+/m0/s1. The summed E-state index contributed by atoms with van der Waals surface area (Å²) >= 11 is 0. The third-order valence-electron chi connectivity index (χ3n) is 10.2. The quantitative estimate of drug-likeness (QED) is 0.596. The van der Waals surface area contributed by atoms with Crippen LogP contribution in [0.2, 0.25) is 0 Å². The Morgan fingerprint density at radius 1 is 1.00 bits per heavy atom. The normalized spacial score (nSPS) is 44.2. The van der Waals surface area contributed by atoms with Crippen molar-refractivity contribution in [3.63, 3.8) is 0 Å². The van der Waals surface area contributed by atoms with Crippen molar-refractivity contribution < 1.29 is 14.7 Å². The molecule has 3 aliphatic carbocycles. The van der Waals surface area contributed by atoms with Crippen LogP contribution in [0.15, 0.2) is 0 Å². The third kappa shape index (κ3) is 3.53. The molecular weight excluding hydrogens is 362 g/mol. The summed E-state index contributed by atoms with van der Waals surface area (Å²) in [6.07, 6.45) is 14.5. The van der Waals surface area contributed by atoms with Gasteiger partial charge in [0, 0.05) is 25.9 Å². The van der Waals surface area contributed by atoms with Gasteiger partial charge in [0.25, 0.3) is 0 Å². The minimum absolute atomic E-state index is 0.321. The molecule has 1 amide bonds. The predicted octanol–water partition coefficient (Wildman–Crippen LogP) is 5.50. The van der Waals surface area contributed by atoms with Gasteiger partial charge in [-0.2, -0.15) is 0 Å². The van der Waals surface area contributed by atoms with E-state index in [-0.39, 0.29) is 0 Å². The van der Waals surface area contributed by atoms with Crippen LogP contribution in [0.5, 0.6) is 0 Å². The second-order valence-electron chi connectivity index (χ2n) is 11.3. The van der Waals surface area contributed by atoms with Gasteiger partial charge in [-0.3, -0.25) is 9.59 Å². The molecule has 29 heavy (non-hydrogen) atoms. The first kappa shape index (κ1) is 21.2. The van der Waals surface area contributed by atoms with Crippen LogP contribution < -0.4 is 0 Å². The van der Waals surface area contributed by atoms with Crippen molar-refractivity contribution in [2.24, 2.45) is 34.5 Å². The number of aliphatic carboxylic acids is 1. The highest BCUT2D eigenvalue weighted by Gasteiger charge is 2.60. The number of rotatable bonds is 6. The van der Waals surface area contributed by atoms with Gasteiger partial charge in [0.05, 0.1) is 0 Å². The van der Waals surface area contributed by atoms with Crippen molar-refractivity contribution in [3.8, 4) is 0 Å². The number of hydrogen-bond donors (Lipinski definition) is 1. The van der Waals surface area contributed by atoms with Crippen LogP contribution in [-0.2, 0) is 9.59 Å². The fourth-order valence-electron chi connectivity index (χ4n) is 8.58. The van der Waals surface area contributed by atoms with E-state index in [0.717, 1.165) is 49.4 Å². The Morgan fingerprint density at radius 3 is 2.52 bits per heavy atom. The zero-order valence-electron chi connectivity index (χ0n) is 18.8. The first-order valence-corrected chi connectivity index (χ1v) is 12.2. The molecule has 4 fully saturated rings. The van der Waals surface area contributed by atoms with E-state index in [9.17, 15) is 9.59 Å². The number of hydrogen-bond acceptors (Lipinski definition) is 2. The summed E-state index contributed by atoms with van der Waals surface area (Å²) in [7, 11) is 2.05. The molecule has 1 saturated heterocycles. The van der Waals surface area contributed by atoms with E-state index in [1.807, 2.05) is 7.05 Å². The third-order valence-corrected chi connectivity index (χ3v) is 10.2. The molecule has 0 aromatic rings. The maximum Gasteiger partial charge on any atom is 0.303 e. The van der Waals surface area contributed by atoms with E-state index in [0.29, 0.717) is 29.2 Å². The number of carbonyl (C=O) groups excluding carboxylic acids is 1. The number of piperidine rings is 1. The Labute approximate surface area is 176 Å². The molecule has 7 atom stereocenters. The number of likely N-dealkylation sites (tertiary alicyclic amines) is 1. The average Bonchev–Trinajstić information content (AvgIpc) is 3.01. The molecule has 164 valence electrons. The van der Waals surface area contributed by atoms with Gasteiger partial charge >= 0.3 is 5.97 Å². The van der Waals surface area contributed by atoms with Crippen molar-refractivity contribution in [1.82, 2.24) is 4.90 Å². The first-order valence-electron chi connectivity index (χ1n) is 12.2. The monoisotopic (exact) mass is 403 g/mol. The molecule has 1 heterocycles. The van der Waals surface area contributed by atoms with Crippen LogP contribution in [0, 0.1) is 34.5 Å². The van der Waals surface area contributed by atoms with E-state index < -0.39 is 5.97 Å². The number of amides is 1. The summed E-state index contributed by atoms with van der Waals surface area (Å²) in [4.78, 5) is 25.1. The van der Waals surface area contributed by atoms with Gasteiger partial charge in [-0.1, -0.05) is 26.7 Å². The van der Waals surface area contributed by atoms with E-state index in [2.05, 4.69) is 18.7 Å². The molecule has 0 bridgehead atoms. The Balaban J connectivity index is 1.41. The predicted molar refractivity (Wildman–Crippen MR) is 114 cm³/mol. The van der Waals surface area contributed by atoms with Crippen LogP contribution in [-0.4, -0.2) is 35.0 Å². The van der Waals surface area contributed by atoms with Gasteiger partial charge in [0.15, 0.2) is 0 Å². The summed E-state index contributed by atoms with van der Waals surface area (Å²) in [6, 6.07) is 0.459. The second kappa shape index (κ2) is 7.89. The van der Waals surface area contributed by atoms with Gasteiger partial charge in [0.2, 0.25) is 5.91 Å². The zero-order valence-corrected chi connectivity index (χ0v) is 18.8. The minimum atomic E-state index is -0.657. The minimum Gasteiger partial charge on any atom is -0.481 e. The number of carboxylic acid groups (broad SMARTS) is 1. The lowest BCUT2D eigenvalue weighted by Gasteiger charge is -2.62. The first-order chi connectivity index (χ1) is 13.8. The lowest BCUT2D eigenvalue weighted by molar-refractivity contribution is -0.158. The Morgan fingerprint density at radius 2 is 1.76 bits per heavy atom. The van der Waals surface area contributed by atoms with Gasteiger partial charge in [0.1, 0.15) is 0 Å². The van der Waals surface area contributed by atoms with Crippen LogP contribution in [0.25, 0.3) is 0 Å². The summed E-state index contributed by atoms with van der Waals surface area (Å²) in [5, 5.41) is 8.84. The summed E-state index contributed by atoms with van der Waals surface area (Å²) in [5.41, 5.74) is 0.815. The summed E-state index contributed by atoms with van der Waals surface area (Å²) in [6.45, 7) is 5.10. The lowest BCUT2D eigenvalue weighted by atomic mass is 9.46. The van der Waals surface area contributed by atoms with Crippen molar-refractivity contribution in [3.05, 3.63) is 0 Å². The van der Waals surface area contributed by atoms with Crippen molar-refractivity contribution >= 4 is 11.9 Å². The molecule has 0 aromatic heterocycles. The molecule has 0 radical (unpaired) electrons. The SMILES string of the molecule is CN1C(=O)CC[C@]2(C)C3CC[C@@]4(C)C(CC[C@@H]4CCCCCC(=O)O)C3CC[C@@H]12. The highest BCUT2D eigenvalue weighted by atomic mass is 16.4. The number of carbonyl (C=O) groups is 2. The van der Waals surface area contributed by atoms with E-state index >= 15 is 0 Å². The molecule has 0 aromatic carbocycles. The fourth-order valence-corrected chi connectivity index (χ4v) is 8.58. The topological polar surface area (TPSA) is 57.6 Å². The van der Waals surface area contributed by atoms with E-state index in [4.69, 9.17) is 5.11 Å². The number of nitrogens with zero attached hydrogens (tertiary/aromatic N) is 1. The molecule has 4 nitrogen and oxygen atoms in total. The molecule has 0 spiro atoms. The highest BCUT2D eigenvalue weighted by molar-refractivity contribution is 5.77. The fraction of sp³-hybridized carbons (Fsp3) is 0.920. The van der Waals surface area contributed by atoms with Gasteiger partial charge in [-0.05, 0) is 92.3 Å². The van der Waals surface area contributed by atoms with Crippen LogP contribution >= 0.6 is 0 Å². The molecule has 3 unspecified atom stereocenters. The molecule has 3 saturated carbocycles. The highest BCUT2D eigenvalue weighted by Crippen LogP contribution is 2.66. The molecule has 4 rings (SSSR count). The number of carboxylic acids is 1. The molecular formula is C25H41NO3. The van der Waals surface area contributed by atoms with Crippen LogP contribution in [0.4, 0.5) is 0 Å². The average molecular weight is 404 g/mol. The zero-order chi connectivity index (χ0) is 20.8. The van der Waals surface area contributed by atoms with Crippen LogP contribution in [0.1, 0.15) is 97.3 Å².